The second-order valence-electron chi connectivity index (χ2n) is 16.5. The van der Waals surface area contributed by atoms with E-state index in [-0.39, 0.29) is 5.41 Å². The molecule has 0 spiro atoms. The highest BCUT2D eigenvalue weighted by Crippen LogP contribution is 2.51. The minimum atomic E-state index is -0.0985. The molecule has 0 aliphatic heterocycles. The van der Waals surface area contributed by atoms with Gasteiger partial charge in [0.1, 0.15) is 11.2 Å². The molecule has 0 saturated heterocycles. The zero-order valence-corrected chi connectivity index (χ0v) is 33.4. The Labute approximate surface area is 349 Å². The van der Waals surface area contributed by atoms with E-state index in [1.165, 1.54) is 49.7 Å². The first-order chi connectivity index (χ1) is 29.5. The molecule has 0 radical (unpaired) electrons. The molecular weight excluding hydrogens is 729 g/mol. The van der Waals surface area contributed by atoms with Gasteiger partial charge in [-0.1, -0.05) is 153 Å². The number of rotatable bonds is 6. The number of aromatic nitrogens is 1. The third kappa shape index (κ3) is 5.15. The van der Waals surface area contributed by atoms with Crippen molar-refractivity contribution in [2.45, 2.75) is 19.3 Å². The van der Waals surface area contributed by atoms with Crippen molar-refractivity contribution in [3.8, 4) is 39.1 Å². The molecule has 0 amide bonds. The third-order valence-electron chi connectivity index (χ3n) is 12.8. The van der Waals surface area contributed by atoms with Crippen LogP contribution in [0, 0.1) is 0 Å². The van der Waals surface area contributed by atoms with Crippen LogP contribution in [-0.2, 0) is 5.41 Å². The van der Waals surface area contributed by atoms with E-state index in [9.17, 15) is 0 Å². The van der Waals surface area contributed by atoms with Crippen LogP contribution in [0.15, 0.2) is 211 Å². The van der Waals surface area contributed by atoms with Crippen LogP contribution in [-0.4, -0.2) is 4.57 Å². The Hall–Kier alpha value is -7.62. The van der Waals surface area contributed by atoms with Crippen LogP contribution in [0.2, 0.25) is 0 Å². The third-order valence-corrected chi connectivity index (χ3v) is 12.8. The van der Waals surface area contributed by atoms with Crippen molar-refractivity contribution in [2.24, 2.45) is 0 Å². The molecule has 2 heterocycles. The number of nitrogens with zero attached hydrogens (tertiary/aromatic N) is 2. The number of fused-ring (bicyclic) bond motifs is 9. The van der Waals surface area contributed by atoms with Crippen molar-refractivity contribution in [1.82, 2.24) is 4.57 Å². The summed E-state index contributed by atoms with van der Waals surface area (Å²) in [6.07, 6.45) is 0. The van der Waals surface area contributed by atoms with E-state index < -0.39 is 0 Å². The van der Waals surface area contributed by atoms with Gasteiger partial charge in [-0.25, -0.2) is 0 Å². The molecule has 2 aromatic heterocycles. The Morgan fingerprint density at radius 2 is 1.02 bits per heavy atom. The zero-order valence-electron chi connectivity index (χ0n) is 33.4. The van der Waals surface area contributed by atoms with Crippen LogP contribution in [0.3, 0.4) is 0 Å². The van der Waals surface area contributed by atoms with Crippen molar-refractivity contribution < 1.29 is 4.42 Å². The van der Waals surface area contributed by atoms with Gasteiger partial charge in [-0.3, -0.25) is 0 Å². The predicted molar refractivity (Wildman–Crippen MR) is 251 cm³/mol. The summed E-state index contributed by atoms with van der Waals surface area (Å²) in [7, 11) is 0. The molecule has 1 aliphatic rings. The van der Waals surface area contributed by atoms with Crippen molar-refractivity contribution in [1.29, 1.82) is 0 Å². The Bertz CT molecular complexity index is 3430. The van der Waals surface area contributed by atoms with Crippen molar-refractivity contribution in [2.75, 3.05) is 4.90 Å². The largest absolute Gasteiger partial charge is 0.456 e. The van der Waals surface area contributed by atoms with E-state index in [2.05, 4.69) is 230 Å². The number of hydrogen-bond acceptors (Lipinski definition) is 2. The van der Waals surface area contributed by atoms with Gasteiger partial charge in [-0.05, 0) is 99.6 Å². The number of furan rings is 1. The maximum Gasteiger partial charge on any atom is 0.138 e. The minimum absolute atomic E-state index is 0.0985. The average Bonchev–Trinajstić information content (AvgIpc) is 3.92. The maximum absolute atomic E-state index is 6.70. The van der Waals surface area contributed by atoms with Crippen molar-refractivity contribution in [3.63, 3.8) is 0 Å². The number of anilines is 3. The first-order valence-electron chi connectivity index (χ1n) is 20.8. The normalized spacial score (nSPS) is 13.0. The van der Waals surface area contributed by atoms with Crippen LogP contribution < -0.4 is 4.90 Å². The van der Waals surface area contributed by atoms with Gasteiger partial charge in [0.25, 0.3) is 0 Å². The molecule has 1 aliphatic carbocycles. The summed E-state index contributed by atoms with van der Waals surface area (Å²) < 4.78 is 9.11. The molecule has 3 nitrogen and oxygen atoms in total. The molecule has 0 bridgehead atoms. The number of hydrogen-bond donors (Lipinski definition) is 0. The maximum atomic E-state index is 6.70. The van der Waals surface area contributed by atoms with Crippen LogP contribution in [0.5, 0.6) is 0 Å². The molecule has 0 unspecified atom stereocenters. The molecule has 0 saturated carbocycles. The molecule has 0 fully saturated rings. The fourth-order valence-electron chi connectivity index (χ4n) is 9.97. The summed E-state index contributed by atoms with van der Waals surface area (Å²) in [5.41, 5.74) is 18.5. The van der Waals surface area contributed by atoms with E-state index in [1.54, 1.807) is 0 Å². The van der Waals surface area contributed by atoms with Gasteiger partial charge in [-0.2, -0.15) is 0 Å². The van der Waals surface area contributed by atoms with E-state index in [1.807, 2.05) is 0 Å². The monoisotopic (exact) mass is 768 g/mol. The van der Waals surface area contributed by atoms with Gasteiger partial charge in [0.15, 0.2) is 0 Å². The summed E-state index contributed by atoms with van der Waals surface area (Å²) in [4.78, 5) is 2.38. The van der Waals surface area contributed by atoms with E-state index in [0.717, 1.165) is 61.3 Å². The lowest BCUT2D eigenvalue weighted by Gasteiger charge is -2.28. The van der Waals surface area contributed by atoms with E-state index in [4.69, 9.17) is 4.42 Å². The highest BCUT2D eigenvalue weighted by atomic mass is 16.3. The molecule has 12 rings (SSSR count). The standard InChI is InChI=1S/C57H40N2O/c1-57(2)48-22-12-9-19-44(48)45-34-33-43(35-49(45)57)58(40-17-7-4-8-18-40)41-29-31-42(32-30-41)59-50-23-13-10-20-46(50)55-51(59)36-53-56(47-21-11-14-24-52(47)60-53)54(55)39-27-25-38(26-28-39)37-15-5-3-6-16-37/h3-36H,1-2H3. The number of para-hydroxylation sites is 3. The van der Waals surface area contributed by atoms with Gasteiger partial charge in [0, 0.05) is 61.3 Å². The first-order valence-corrected chi connectivity index (χ1v) is 20.8. The van der Waals surface area contributed by atoms with Crippen molar-refractivity contribution in [3.05, 3.63) is 217 Å². The first kappa shape index (κ1) is 34.4. The van der Waals surface area contributed by atoms with Gasteiger partial charge >= 0.3 is 0 Å². The molecule has 0 atom stereocenters. The average molecular weight is 769 g/mol. The highest BCUT2D eigenvalue weighted by molar-refractivity contribution is 6.27. The highest BCUT2D eigenvalue weighted by Gasteiger charge is 2.35. The Morgan fingerprint density at radius 3 is 1.82 bits per heavy atom. The smallest absolute Gasteiger partial charge is 0.138 e. The van der Waals surface area contributed by atoms with E-state index >= 15 is 0 Å². The summed E-state index contributed by atoms with van der Waals surface area (Å²) >= 11 is 0. The topological polar surface area (TPSA) is 21.3 Å². The minimum Gasteiger partial charge on any atom is -0.456 e. The fraction of sp³-hybridized carbons (Fsp3) is 0.0526. The Morgan fingerprint density at radius 1 is 0.417 bits per heavy atom. The SMILES string of the molecule is CC1(C)c2ccccc2-c2ccc(N(c3ccccc3)c3ccc(-n4c5ccccc5c5c(-c6ccc(-c7ccccc7)cc6)c6c(cc54)oc4ccccc46)cc3)cc21. The molecule has 3 heteroatoms. The lowest BCUT2D eigenvalue weighted by atomic mass is 9.82. The van der Waals surface area contributed by atoms with E-state index in [0.29, 0.717) is 0 Å². The van der Waals surface area contributed by atoms with Crippen LogP contribution in [0.1, 0.15) is 25.0 Å². The lowest BCUT2D eigenvalue weighted by molar-refractivity contribution is 0.660. The predicted octanol–water partition coefficient (Wildman–Crippen LogP) is 15.8. The quantitative estimate of drug-likeness (QED) is 0.168. The Kier molecular flexibility index (Phi) is 7.58. The lowest BCUT2D eigenvalue weighted by Crippen LogP contribution is -2.16. The summed E-state index contributed by atoms with van der Waals surface area (Å²) in [5, 5.41) is 4.69. The second kappa shape index (κ2) is 13.2. The summed E-state index contributed by atoms with van der Waals surface area (Å²) in [6, 6.07) is 74.7. The molecular formula is C57H40N2O. The molecule has 0 N–H and O–H groups in total. The van der Waals surface area contributed by atoms with Crippen LogP contribution >= 0.6 is 0 Å². The summed E-state index contributed by atoms with van der Waals surface area (Å²) in [6.45, 7) is 4.69. The zero-order chi connectivity index (χ0) is 40.0. The van der Waals surface area contributed by atoms with Crippen molar-refractivity contribution >= 4 is 60.8 Å². The molecule has 9 aromatic carbocycles. The van der Waals surface area contributed by atoms with Crippen LogP contribution in [0.25, 0.3) is 82.8 Å². The summed E-state index contributed by atoms with van der Waals surface area (Å²) in [5.74, 6) is 0. The Balaban J connectivity index is 1.04. The second-order valence-corrected chi connectivity index (χ2v) is 16.5. The fourth-order valence-corrected chi connectivity index (χ4v) is 9.97. The van der Waals surface area contributed by atoms with Gasteiger partial charge in [-0.15, -0.1) is 0 Å². The molecule has 11 aromatic rings. The van der Waals surface area contributed by atoms with Gasteiger partial charge in [0.05, 0.1) is 11.0 Å². The number of benzene rings is 9. The molecule has 284 valence electrons. The molecule has 60 heavy (non-hydrogen) atoms. The van der Waals surface area contributed by atoms with Gasteiger partial charge < -0.3 is 13.9 Å². The van der Waals surface area contributed by atoms with Crippen LogP contribution in [0.4, 0.5) is 17.1 Å². The van der Waals surface area contributed by atoms with Gasteiger partial charge in [0.2, 0.25) is 0 Å².